The van der Waals surface area contributed by atoms with E-state index < -0.39 is 0 Å². The molecule has 0 unspecified atom stereocenters. The van der Waals surface area contributed by atoms with Gasteiger partial charge >= 0.3 is 0 Å². The van der Waals surface area contributed by atoms with Crippen molar-refractivity contribution in [3.8, 4) is 27.9 Å². The molecular formula is C46H32N2. The lowest BCUT2D eigenvalue weighted by atomic mass is 9.95. The zero-order valence-corrected chi connectivity index (χ0v) is 26.4. The fourth-order valence-electron chi connectivity index (χ4n) is 7.24. The van der Waals surface area contributed by atoms with Crippen molar-refractivity contribution in [2.24, 2.45) is 0 Å². The molecule has 0 amide bonds. The summed E-state index contributed by atoms with van der Waals surface area (Å²) in [5, 5.41) is 4.99. The Morgan fingerprint density at radius 3 is 1.60 bits per heavy atom. The first-order valence-electron chi connectivity index (χ1n) is 16.5. The van der Waals surface area contributed by atoms with Gasteiger partial charge in [-0.15, -0.1) is 0 Å². The van der Waals surface area contributed by atoms with Crippen molar-refractivity contribution >= 4 is 49.6 Å². The van der Waals surface area contributed by atoms with Crippen molar-refractivity contribution in [1.29, 1.82) is 0 Å². The van der Waals surface area contributed by atoms with E-state index in [2.05, 4.69) is 204 Å². The molecule has 1 heterocycles. The Kier molecular flexibility index (Phi) is 6.84. The van der Waals surface area contributed by atoms with Gasteiger partial charge in [0.05, 0.1) is 22.4 Å². The maximum absolute atomic E-state index is 2.44. The minimum Gasteiger partial charge on any atom is -0.310 e. The monoisotopic (exact) mass is 612 g/mol. The summed E-state index contributed by atoms with van der Waals surface area (Å²) in [6.45, 7) is 0. The van der Waals surface area contributed by atoms with E-state index in [4.69, 9.17) is 0 Å². The van der Waals surface area contributed by atoms with E-state index >= 15 is 0 Å². The highest BCUT2D eigenvalue weighted by atomic mass is 15.1. The first-order chi connectivity index (χ1) is 23.8. The van der Waals surface area contributed by atoms with Gasteiger partial charge in [-0.3, -0.25) is 0 Å². The molecule has 9 rings (SSSR count). The molecule has 0 spiro atoms. The Balaban J connectivity index is 1.25. The van der Waals surface area contributed by atoms with Gasteiger partial charge in [-0.1, -0.05) is 146 Å². The molecule has 0 aliphatic rings. The van der Waals surface area contributed by atoms with Crippen LogP contribution in [0.5, 0.6) is 0 Å². The molecule has 0 aliphatic carbocycles. The number of nitrogens with zero attached hydrogens (tertiary/aromatic N) is 2. The smallest absolute Gasteiger partial charge is 0.0547 e. The van der Waals surface area contributed by atoms with Gasteiger partial charge in [0.2, 0.25) is 0 Å². The van der Waals surface area contributed by atoms with Gasteiger partial charge in [-0.2, -0.15) is 0 Å². The topological polar surface area (TPSA) is 8.17 Å². The van der Waals surface area contributed by atoms with Crippen LogP contribution in [0.15, 0.2) is 194 Å². The van der Waals surface area contributed by atoms with Gasteiger partial charge in [0.25, 0.3) is 0 Å². The molecule has 0 saturated carbocycles. The van der Waals surface area contributed by atoms with Gasteiger partial charge in [0.1, 0.15) is 0 Å². The lowest BCUT2D eigenvalue weighted by Crippen LogP contribution is -2.11. The number of para-hydroxylation sites is 4. The van der Waals surface area contributed by atoms with Gasteiger partial charge in [-0.05, 0) is 70.4 Å². The number of fused-ring (bicyclic) bond motifs is 4. The summed E-state index contributed by atoms with van der Waals surface area (Å²) in [6, 6.07) is 69.8. The van der Waals surface area contributed by atoms with Crippen LogP contribution in [0, 0.1) is 0 Å². The minimum absolute atomic E-state index is 1.10. The zero-order chi connectivity index (χ0) is 31.9. The molecular weight excluding hydrogens is 581 g/mol. The number of hydrogen-bond acceptors (Lipinski definition) is 1. The zero-order valence-electron chi connectivity index (χ0n) is 26.4. The van der Waals surface area contributed by atoms with E-state index in [0.29, 0.717) is 0 Å². The molecule has 8 aromatic carbocycles. The Hall–Kier alpha value is -6.38. The average molecular weight is 613 g/mol. The predicted molar refractivity (Wildman–Crippen MR) is 204 cm³/mol. The second kappa shape index (κ2) is 11.8. The largest absolute Gasteiger partial charge is 0.310 e. The van der Waals surface area contributed by atoms with Crippen LogP contribution in [-0.4, -0.2) is 4.57 Å². The number of rotatable bonds is 6. The molecule has 2 heteroatoms. The van der Waals surface area contributed by atoms with E-state index in [1.54, 1.807) is 0 Å². The third-order valence-corrected chi connectivity index (χ3v) is 9.39. The van der Waals surface area contributed by atoms with Crippen molar-refractivity contribution in [3.63, 3.8) is 0 Å². The summed E-state index contributed by atoms with van der Waals surface area (Å²) in [6.07, 6.45) is 0. The highest BCUT2D eigenvalue weighted by Crippen LogP contribution is 2.43. The molecule has 48 heavy (non-hydrogen) atoms. The second-order valence-corrected chi connectivity index (χ2v) is 12.2. The van der Waals surface area contributed by atoms with E-state index in [1.807, 2.05) is 0 Å². The first kappa shape index (κ1) is 27.9. The average Bonchev–Trinajstić information content (AvgIpc) is 3.50. The van der Waals surface area contributed by atoms with Gasteiger partial charge < -0.3 is 9.47 Å². The predicted octanol–water partition coefficient (Wildman–Crippen LogP) is 12.7. The van der Waals surface area contributed by atoms with Gasteiger partial charge in [0, 0.05) is 33.3 Å². The summed E-state index contributed by atoms with van der Waals surface area (Å²) in [7, 11) is 0. The molecule has 0 aliphatic heterocycles. The third kappa shape index (κ3) is 4.66. The third-order valence-electron chi connectivity index (χ3n) is 9.39. The van der Waals surface area contributed by atoms with Crippen LogP contribution in [0.3, 0.4) is 0 Å². The van der Waals surface area contributed by atoms with E-state index in [0.717, 1.165) is 17.1 Å². The Bertz CT molecular complexity index is 2490. The number of anilines is 3. The van der Waals surface area contributed by atoms with Gasteiger partial charge in [-0.25, -0.2) is 0 Å². The summed E-state index contributed by atoms with van der Waals surface area (Å²) >= 11 is 0. The highest BCUT2D eigenvalue weighted by Gasteiger charge is 2.20. The summed E-state index contributed by atoms with van der Waals surface area (Å²) < 4.78 is 2.44. The van der Waals surface area contributed by atoms with Gasteiger partial charge in [0.15, 0.2) is 0 Å². The molecule has 0 radical (unpaired) electrons. The molecule has 1 aromatic heterocycles. The summed E-state index contributed by atoms with van der Waals surface area (Å²) in [5.74, 6) is 0. The number of benzene rings is 8. The second-order valence-electron chi connectivity index (χ2n) is 12.2. The van der Waals surface area contributed by atoms with Crippen molar-refractivity contribution in [3.05, 3.63) is 194 Å². The number of aromatic nitrogens is 1. The van der Waals surface area contributed by atoms with Crippen molar-refractivity contribution in [2.45, 2.75) is 0 Å². The maximum atomic E-state index is 2.44. The molecule has 0 atom stereocenters. The van der Waals surface area contributed by atoms with Crippen LogP contribution in [0.2, 0.25) is 0 Å². The molecule has 0 saturated heterocycles. The Morgan fingerprint density at radius 2 is 0.896 bits per heavy atom. The van der Waals surface area contributed by atoms with Crippen LogP contribution in [0.1, 0.15) is 0 Å². The van der Waals surface area contributed by atoms with E-state index in [-0.39, 0.29) is 0 Å². The SMILES string of the molecule is c1ccc(-c2ccccc2N(c2ccccc2)c2ccc(-c3c(-n4c5ccccc5c5ccccc54)ccc4ccccc34)cc2)cc1. The van der Waals surface area contributed by atoms with Crippen LogP contribution in [0.25, 0.3) is 60.5 Å². The molecule has 0 fully saturated rings. The molecule has 226 valence electrons. The summed E-state index contributed by atoms with van der Waals surface area (Å²) in [5.41, 5.74) is 11.7. The molecule has 2 nitrogen and oxygen atoms in total. The lowest BCUT2D eigenvalue weighted by Gasteiger charge is -2.28. The maximum Gasteiger partial charge on any atom is 0.0547 e. The van der Waals surface area contributed by atoms with Crippen molar-refractivity contribution in [1.82, 2.24) is 4.57 Å². The molecule has 9 aromatic rings. The van der Waals surface area contributed by atoms with Crippen LogP contribution >= 0.6 is 0 Å². The van der Waals surface area contributed by atoms with E-state index in [9.17, 15) is 0 Å². The van der Waals surface area contributed by atoms with Crippen LogP contribution in [0.4, 0.5) is 17.1 Å². The first-order valence-corrected chi connectivity index (χ1v) is 16.5. The van der Waals surface area contributed by atoms with Crippen molar-refractivity contribution in [2.75, 3.05) is 4.90 Å². The van der Waals surface area contributed by atoms with Crippen molar-refractivity contribution < 1.29 is 0 Å². The highest BCUT2D eigenvalue weighted by molar-refractivity contribution is 6.11. The number of hydrogen-bond donors (Lipinski definition) is 0. The normalized spacial score (nSPS) is 11.3. The fourth-order valence-corrected chi connectivity index (χ4v) is 7.24. The Morgan fingerprint density at radius 1 is 0.354 bits per heavy atom. The van der Waals surface area contributed by atoms with Crippen LogP contribution in [-0.2, 0) is 0 Å². The van der Waals surface area contributed by atoms with Crippen LogP contribution < -0.4 is 4.90 Å². The fraction of sp³-hybridized carbons (Fsp3) is 0. The lowest BCUT2D eigenvalue weighted by molar-refractivity contribution is 1.19. The molecule has 0 N–H and O–H groups in total. The summed E-state index contributed by atoms with van der Waals surface area (Å²) in [4.78, 5) is 2.36. The standard InChI is InChI=1S/C46H32N2/c1-3-15-33(16-4-1)38-20-9-12-24-42(38)47(36-18-5-2-6-19-36)37-30-27-35(28-31-37)46-39-21-8-7-17-34(39)29-32-45(46)48-43-25-13-10-22-40(43)41-23-11-14-26-44(41)48/h1-32H. The molecule has 0 bridgehead atoms. The Labute approximate surface area is 280 Å². The van der Waals surface area contributed by atoms with E-state index in [1.165, 1.54) is 60.5 Å². The quantitative estimate of drug-likeness (QED) is 0.181. The minimum atomic E-state index is 1.10.